The molecule has 0 aliphatic carbocycles. The summed E-state index contributed by atoms with van der Waals surface area (Å²) in [6, 6.07) is 7.80. The summed E-state index contributed by atoms with van der Waals surface area (Å²) in [4.78, 5) is 15.4. The molecule has 0 radical (unpaired) electrons. The van der Waals surface area contributed by atoms with E-state index in [9.17, 15) is 9.18 Å². The molecule has 0 saturated heterocycles. The number of nitrogens with two attached hydrogens (primary N) is 1. The van der Waals surface area contributed by atoms with Crippen LogP contribution in [0.2, 0.25) is 5.02 Å². The number of aromatic nitrogens is 1. The van der Waals surface area contributed by atoms with Crippen molar-refractivity contribution in [2.24, 2.45) is 0 Å². The van der Waals surface area contributed by atoms with E-state index in [4.69, 9.17) is 17.3 Å². The zero-order valence-electron chi connectivity index (χ0n) is 9.15. The molecule has 0 saturated carbocycles. The van der Waals surface area contributed by atoms with Crippen molar-refractivity contribution < 1.29 is 9.18 Å². The molecule has 1 aromatic carbocycles. The quantitative estimate of drug-likeness (QED) is 0.877. The van der Waals surface area contributed by atoms with E-state index in [1.165, 1.54) is 12.3 Å². The van der Waals surface area contributed by atoms with Gasteiger partial charge in [-0.2, -0.15) is 0 Å². The highest BCUT2D eigenvalue weighted by molar-refractivity contribution is 6.30. The third kappa shape index (κ3) is 2.57. The van der Waals surface area contributed by atoms with Crippen LogP contribution < -0.4 is 11.1 Å². The molecule has 1 amide bonds. The smallest absolute Gasteiger partial charge is 0.258 e. The number of carbonyl (C=O) groups is 1. The number of carbonyl (C=O) groups excluding carboxylic acids is 1. The lowest BCUT2D eigenvalue weighted by atomic mass is 10.2. The van der Waals surface area contributed by atoms with Crippen LogP contribution in [-0.4, -0.2) is 10.9 Å². The number of nitrogens with zero attached hydrogens (tertiary/aromatic N) is 1. The van der Waals surface area contributed by atoms with Crippen molar-refractivity contribution in [2.75, 3.05) is 11.1 Å². The number of benzene rings is 1. The molecule has 92 valence electrons. The largest absolute Gasteiger partial charge is 0.381 e. The minimum absolute atomic E-state index is 0.164. The topological polar surface area (TPSA) is 68.0 Å². The number of amides is 1. The number of hydrogen-bond donors (Lipinski definition) is 2. The lowest BCUT2D eigenvalue weighted by molar-refractivity contribution is 0.102. The van der Waals surface area contributed by atoms with Crippen LogP contribution in [0.1, 0.15) is 10.4 Å². The van der Waals surface area contributed by atoms with Crippen LogP contribution in [0.3, 0.4) is 0 Å². The predicted octanol–water partition coefficient (Wildman–Crippen LogP) is 2.71. The highest BCUT2D eigenvalue weighted by Gasteiger charge is 2.14. The van der Waals surface area contributed by atoms with Crippen LogP contribution in [0, 0.1) is 5.82 Å². The molecule has 0 bridgehead atoms. The van der Waals surface area contributed by atoms with Gasteiger partial charge in [0.2, 0.25) is 0 Å². The van der Waals surface area contributed by atoms with E-state index in [0.29, 0.717) is 10.7 Å². The molecule has 0 atom stereocenters. The van der Waals surface area contributed by atoms with E-state index < -0.39 is 11.7 Å². The zero-order valence-corrected chi connectivity index (χ0v) is 9.91. The van der Waals surface area contributed by atoms with Crippen molar-refractivity contribution >= 4 is 29.0 Å². The molecule has 0 spiro atoms. The molecule has 6 heteroatoms. The molecular formula is C12H9ClFN3O. The van der Waals surface area contributed by atoms with E-state index in [0.717, 1.165) is 0 Å². The first-order chi connectivity index (χ1) is 8.58. The maximum atomic E-state index is 13.6. The van der Waals surface area contributed by atoms with Crippen LogP contribution in [-0.2, 0) is 0 Å². The third-order valence-corrected chi connectivity index (χ3v) is 2.48. The summed E-state index contributed by atoms with van der Waals surface area (Å²) in [5.74, 6) is -1.75. The Labute approximate surface area is 108 Å². The third-order valence-electron chi connectivity index (χ3n) is 2.24. The summed E-state index contributed by atoms with van der Waals surface area (Å²) < 4.78 is 13.6. The Morgan fingerprint density at radius 2 is 2.17 bits per heavy atom. The Hall–Kier alpha value is -2.14. The first-order valence-electron chi connectivity index (χ1n) is 5.05. The second-order valence-corrected chi connectivity index (χ2v) is 3.96. The molecule has 0 fully saturated rings. The Bertz CT molecular complexity index is 604. The number of anilines is 2. The number of hydrogen-bond acceptors (Lipinski definition) is 3. The van der Waals surface area contributed by atoms with Crippen LogP contribution in [0.5, 0.6) is 0 Å². The summed E-state index contributed by atoms with van der Waals surface area (Å²) in [6.07, 6.45) is 1.27. The second kappa shape index (κ2) is 5.01. The van der Waals surface area contributed by atoms with Gasteiger partial charge in [-0.1, -0.05) is 17.7 Å². The van der Waals surface area contributed by atoms with Crippen LogP contribution in [0.4, 0.5) is 15.9 Å². The number of pyridine rings is 1. The van der Waals surface area contributed by atoms with Gasteiger partial charge in [0.05, 0.1) is 5.56 Å². The van der Waals surface area contributed by atoms with Gasteiger partial charge in [0.1, 0.15) is 0 Å². The molecule has 3 N–H and O–H groups in total. The van der Waals surface area contributed by atoms with Gasteiger partial charge in [0.25, 0.3) is 5.91 Å². The molecule has 18 heavy (non-hydrogen) atoms. The van der Waals surface area contributed by atoms with Crippen molar-refractivity contribution in [3.63, 3.8) is 0 Å². The van der Waals surface area contributed by atoms with Gasteiger partial charge in [0, 0.05) is 16.9 Å². The average Bonchev–Trinajstić information content (AvgIpc) is 2.32. The Kier molecular flexibility index (Phi) is 3.43. The number of nitrogens with one attached hydrogen (secondary N) is 1. The number of rotatable bonds is 2. The molecule has 1 aromatic heterocycles. The monoisotopic (exact) mass is 265 g/mol. The zero-order chi connectivity index (χ0) is 13.1. The SMILES string of the molecule is Nc1nccc(C(=O)Nc2cccc(Cl)c2)c1F. The summed E-state index contributed by atoms with van der Waals surface area (Å²) in [6.45, 7) is 0. The van der Waals surface area contributed by atoms with E-state index in [2.05, 4.69) is 10.3 Å². The molecular weight excluding hydrogens is 257 g/mol. The van der Waals surface area contributed by atoms with E-state index in [-0.39, 0.29) is 11.4 Å². The fourth-order valence-corrected chi connectivity index (χ4v) is 1.59. The summed E-state index contributed by atoms with van der Waals surface area (Å²) in [7, 11) is 0. The van der Waals surface area contributed by atoms with Gasteiger partial charge >= 0.3 is 0 Å². The Balaban J connectivity index is 2.25. The van der Waals surface area contributed by atoms with E-state index in [1.807, 2.05) is 0 Å². The first-order valence-corrected chi connectivity index (χ1v) is 5.42. The lowest BCUT2D eigenvalue weighted by Crippen LogP contribution is -2.15. The van der Waals surface area contributed by atoms with Crippen molar-refractivity contribution in [1.29, 1.82) is 0 Å². The molecule has 1 heterocycles. The summed E-state index contributed by atoms with van der Waals surface area (Å²) in [5, 5.41) is 2.99. The second-order valence-electron chi connectivity index (χ2n) is 3.52. The van der Waals surface area contributed by atoms with Gasteiger partial charge in [-0.15, -0.1) is 0 Å². The predicted molar refractivity (Wildman–Crippen MR) is 68.0 cm³/mol. The van der Waals surface area contributed by atoms with E-state index in [1.54, 1.807) is 24.3 Å². The van der Waals surface area contributed by atoms with Gasteiger partial charge in [-0.3, -0.25) is 4.79 Å². The molecule has 2 aromatic rings. The Morgan fingerprint density at radius 3 is 2.89 bits per heavy atom. The highest BCUT2D eigenvalue weighted by Crippen LogP contribution is 2.17. The van der Waals surface area contributed by atoms with Crippen LogP contribution in [0.15, 0.2) is 36.5 Å². The first kappa shape index (κ1) is 12.3. The fourth-order valence-electron chi connectivity index (χ4n) is 1.40. The van der Waals surface area contributed by atoms with Gasteiger partial charge in [-0.25, -0.2) is 9.37 Å². The normalized spacial score (nSPS) is 10.1. The average molecular weight is 266 g/mol. The minimum atomic E-state index is -0.836. The Morgan fingerprint density at radius 1 is 1.39 bits per heavy atom. The van der Waals surface area contributed by atoms with Crippen molar-refractivity contribution in [3.05, 3.63) is 52.9 Å². The van der Waals surface area contributed by atoms with E-state index >= 15 is 0 Å². The van der Waals surface area contributed by atoms with Crippen LogP contribution in [0.25, 0.3) is 0 Å². The van der Waals surface area contributed by atoms with Crippen molar-refractivity contribution in [3.8, 4) is 0 Å². The van der Waals surface area contributed by atoms with Crippen molar-refractivity contribution in [1.82, 2.24) is 4.98 Å². The fraction of sp³-hybridized carbons (Fsp3) is 0. The van der Waals surface area contributed by atoms with Gasteiger partial charge < -0.3 is 11.1 Å². The molecule has 0 aliphatic heterocycles. The van der Waals surface area contributed by atoms with Gasteiger partial charge in [-0.05, 0) is 24.3 Å². The molecule has 0 aliphatic rings. The van der Waals surface area contributed by atoms with Gasteiger partial charge in [0.15, 0.2) is 11.6 Å². The molecule has 0 unspecified atom stereocenters. The maximum Gasteiger partial charge on any atom is 0.258 e. The van der Waals surface area contributed by atoms with Crippen LogP contribution >= 0.6 is 11.6 Å². The summed E-state index contributed by atoms with van der Waals surface area (Å²) in [5.41, 5.74) is 5.60. The number of nitrogen functional groups attached to an aromatic ring is 1. The maximum absolute atomic E-state index is 13.6. The van der Waals surface area contributed by atoms with Crippen molar-refractivity contribution in [2.45, 2.75) is 0 Å². The number of halogens is 2. The minimum Gasteiger partial charge on any atom is -0.381 e. The lowest BCUT2D eigenvalue weighted by Gasteiger charge is -2.07. The molecule has 4 nitrogen and oxygen atoms in total. The molecule has 2 rings (SSSR count). The summed E-state index contributed by atoms with van der Waals surface area (Å²) >= 11 is 5.78. The highest BCUT2D eigenvalue weighted by atomic mass is 35.5. The standard InChI is InChI=1S/C12H9ClFN3O/c13-7-2-1-3-8(6-7)17-12(18)9-4-5-16-11(15)10(9)14/h1-6H,(H2,15,16)(H,17,18).